The van der Waals surface area contributed by atoms with Gasteiger partial charge in [-0.15, -0.1) is 0 Å². The van der Waals surface area contributed by atoms with Crippen LogP contribution in [0.15, 0.2) is 36.4 Å². The Morgan fingerprint density at radius 1 is 1.18 bits per heavy atom. The van der Waals surface area contributed by atoms with Crippen LogP contribution in [-0.4, -0.2) is 55.9 Å². The van der Waals surface area contributed by atoms with Crippen molar-refractivity contribution in [2.45, 2.75) is 32.4 Å². The first kappa shape index (κ1) is 23.2. The number of nitrogens with zero attached hydrogens (tertiary/aromatic N) is 4. The first-order valence-corrected chi connectivity index (χ1v) is 10.9. The summed E-state index contributed by atoms with van der Waals surface area (Å²) in [7, 11) is 0. The molecule has 3 aromatic rings. The molecule has 11 nitrogen and oxygen atoms in total. The number of benzene rings is 1. The molecule has 1 aromatic carbocycles. The second kappa shape index (κ2) is 9.48. The van der Waals surface area contributed by atoms with Gasteiger partial charge in [-0.25, -0.2) is 4.98 Å². The maximum atomic E-state index is 13.1. The average Bonchev–Trinajstić information content (AvgIpc) is 3.53. The Kier molecular flexibility index (Phi) is 6.46. The van der Waals surface area contributed by atoms with E-state index in [1.165, 1.54) is 16.5 Å². The van der Waals surface area contributed by atoms with Crippen molar-refractivity contribution in [3.05, 3.63) is 47.2 Å². The topological polar surface area (TPSA) is 152 Å². The maximum absolute atomic E-state index is 13.1. The molecule has 0 unspecified atom stereocenters. The number of nitrogens with one attached hydrogen (secondary N) is 2. The van der Waals surface area contributed by atoms with E-state index >= 15 is 0 Å². The van der Waals surface area contributed by atoms with Crippen molar-refractivity contribution in [2.24, 2.45) is 5.73 Å². The molecule has 4 amide bonds. The second-order valence-electron chi connectivity index (χ2n) is 7.93. The fourth-order valence-corrected chi connectivity index (χ4v) is 3.77. The van der Waals surface area contributed by atoms with Gasteiger partial charge in [0.05, 0.1) is 5.52 Å². The van der Waals surface area contributed by atoms with Gasteiger partial charge < -0.3 is 21.3 Å². The normalized spacial score (nSPS) is 12.9. The molecule has 176 valence electrons. The Bertz CT molecular complexity index is 1300. The minimum atomic E-state index is -0.761. The van der Waals surface area contributed by atoms with Crippen LogP contribution >= 0.6 is 11.6 Å². The highest BCUT2D eigenvalue weighted by Crippen LogP contribution is 2.28. The molecule has 2 aromatic heterocycles. The van der Waals surface area contributed by atoms with E-state index in [1.54, 1.807) is 36.4 Å². The van der Waals surface area contributed by atoms with Crippen LogP contribution in [-0.2, 0) is 20.9 Å². The van der Waals surface area contributed by atoms with Gasteiger partial charge in [0.1, 0.15) is 24.1 Å². The Morgan fingerprint density at radius 3 is 2.59 bits per heavy atom. The van der Waals surface area contributed by atoms with Gasteiger partial charge >= 0.3 is 0 Å². The summed E-state index contributed by atoms with van der Waals surface area (Å²) in [5.41, 5.74) is 6.43. The number of amides is 4. The predicted octanol–water partition coefficient (Wildman–Crippen LogP) is 1.77. The Morgan fingerprint density at radius 2 is 1.94 bits per heavy atom. The van der Waals surface area contributed by atoms with Crippen LogP contribution in [0.25, 0.3) is 10.9 Å². The molecule has 0 atom stereocenters. The predicted molar refractivity (Wildman–Crippen MR) is 125 cm³/mol. The summed E-state index contributed by atoms with van der Waals surface area (Å²) in [6.07, 6.45) is 1.59. The molecule has 1 saturated carbocycles. The lowest BCUT2D eigenvalue weighted by atomic mass is 10.2. The number of rotatable bonds is 8. The number of carbonyl (C=O) groups excluding carboxylic acids is 4. The summed E-state index contributed by atoms with van der Waals surface area (Å²) in [5, 5.41) is 10.2. The van der Waals surface area contributed by atoms with E-state index in [-0.39, 0.29) is 41.8 Å². The van der Waals surface area contributed by atoms with Gasteiger partial charge in [0, 0.05) is 24.0 Å². The van der Waals surface area contributed by atoms with Crippen molar-refractivity contribution in [1.29, 1.82) is 0 Å². The monoisotopic (exact) mass is 483 g/mol. The number of anilines is 2. The van der Waals surface area contributed by atoms with Gasteiger partial charge in [-0.05, 0) is 43.2 Å². The molecule has 0 aliphatic heterocycles. The molecule has 1 aliphatic carbocycles. The van der Waals surface area contributed by atoms with Crippen LogP contribution in [0.2, 0.25) is 5.15 Å². The Labute approximate surface area is 199 Å². The van der Waals surface area contributed by atoms with Crippen LogP contribution in [0.5, 0.6) is 0 Å². The summed E-state index contributed by atoms with van der Waals surface area (Å²) in [6, 6.07) is 9.66. The van der Waals surface area contributed by atoms with Crippen molar-refractivity contribution in [1.82, 2.24) is 19.7 Å². The van der Waals surface area contributed by atoms with E-state index in [0.29, 0.717) is 22.4 Å². The average molecular weight is 484 g/mol. The van der Waals surface area contributed by atoms with Crippen molar-refractivity contribution in [2.75, 3.05) is 17.2 Å². The third-order valence-corrected chi connectivity index (χ3v) is 5.40. The molecule has 1 aliphatic rings. The summed E-state index contributed by atoms with van der Waals surface area (Å²) in [5.74, 6) is -1.47. The molecule has 0 radical (unpaired) electrons. The van der Waals surface area contributed by atoms with E-state index in [9.17, 15) is 19.2 Å². The van der Waals surface area contributed by atoms with Crippen molar-refractivity contribution in [3.63, 3.8) is 0 Å². The van der Waals surface area contributed by atoms with Gasteiger partial charge in [-0.3, -0.25) is 23.9 Å². The van der Waals surface area contributed by atoms with Crippen LogP contribution < -0.4 is 16.4 Å². The molecule has 1 fully saturated rings. The molecule has 2 heterocycles. The van der Waals surface area contributed by atoms with Gasteiger partial charge in [-0.2, -0.15) is 5.10 Å². The molecule has 0 spiro atoms. The van der Waals surface area contributed by atoms with E-state index in [2.05, 4.69) is 20.7 Å². The fourth-order valence-electron chi connectivity index (χ4n) is 3.60. The molecule has 12 heteroatoms. The summed E-state index contributed by atoms with van der Waals surface area (Å²) in [4.78, 5) is 54.5. The molecule has 34 heavy (non-hydrogen) atoms. The highest BCUT2D eigenvalue weighted by Gasteiger charge is 2.34. The standard InChI is InChI=1S/C22H22ClN7O4/c1-12(31)25-13-5-8-16-15(9-13)21(22(24)34)28-30(16)11-20(33)29(14-6-7-14)10-19(32)27-18-4-2-3-17(23)26-18/h2-5,8-9,14H,6-7,10-11H2,1H3,(H2,24,34)(H,25,31)(H,26,27,32). The number of halogens is 1. The number of hydrogen-bond donors (Lipinski definition) is 3. The number of hydrogen-bond acceptors (Lipinski definition) is 6. The number of pyridine rings is 1. The van der Waals surface area contributed by atoms with Crippen LogP contribution in [0.4, 0.5) is 11.5 Å². The van der Waals surface area contributed by atoms with Gasteiger partial charge in [0.2, 0.25) is 17.7 Å². The number of carbonyl (C=O) groups is 4. The SMILES string of the molecule is CC(=O)Nc1ccc2c(c1)c(C(N)=O)nn2CC(=O)N(CC(=O)Nc1cccc(Cl)n1)C1CC1. The number of primary amides is 1. The van der Waals surface area contributed by atoms with E-state index in [0.717, 1.165) is 12.8 Å². The van der Waals surface area contributed by atoms with Crippen molar-refractivity contribution < 1.29 is 19.2 Å². The zero-order chi connectivity index (χ0) is 24.4. The summed E-state index contributed by atoms with van der Waals surface area (Å²) >= 11 is 5.85. The number of nitrogens with two attached hydrogens (primary N) is 1. The quantitative estimate of drug-likeness (QED) is 0.415. The number of aromatic nitrogens is 3. The Balaban J connectivity index is 1.53. The highest BCUT2D eigenvalue weighted by molar-refractivity contribution is 6.29. The van der Waals surface area contributed by atoms with E-state index in [4.69, 9.17) is 17.3 Å². The number of fused-ring (bicyclic) bond motifs is 1. The molecule has 0 saturated heterocycles. The minimum absolute atomic E-state index is 0.0160. The summed E-state index contributed by atoms with van der Waals surface area (Å²) in [6.45, 7) is 1.01. The first-order chi connectivity index (χ1) is 16.2. The van der Waals surface area contributed by atoms with Crippen LogP contribution in [0.3, 0.4) is 0 Å². The lowest BCUT2D eigenvalue weighted by molar-refractivity contribution is -0.135. The van der Waals surface area contributed by atoms with E-state index in [1.807, 2.05) is 0 Å². The lowest BCUT2D eigenvalue weighted by Gasteiger charge is -2.22. The molecule has 4 rings (SSSR count). The first-order valence-electron chi connectivity index (χ1n) is 10.5. The van der Waals surface area contributed by atoms with Gasteiger partial charge in [0.15, 0.2) is 5.69 Å². The lowest BCUT2D eigenvalue weighted by Crippen LogP contribution is -2.41. The summed E-state index contributed by atoms with van der Waals surface area (Å²) < 4.78 is 1.38. The van der Waals surface area contributed by atoms with Gasteiger partial charge in [0.25, 0.3) is 5.91 Å². The zero-order valence-electron chi connectivity index (χ0n) is 18.2. The van der Waals surface area contributed by atoms with Crippen molar-refractivity contribution >= 4 is 57.6 Å². The Hall–Kier alpha value is -3.99. The smallest absolute Gasteiger partial charge is 0.269 e. The molecular formula is C22H22ClN7O4. The largest absolute Gasteiger partial charge is 0.364 e. The zero-order valence-corrected chi connectivity index (χ0v) is 19.0. The van der Waals surface area contributed by atoms with Crippen LogP contribution in [0, 0.1) is 0 Å². The maximum Gasteiger partial charge on any atom is 0.269 e. The van der Waals surface area contributed by atoms with Crippen molar-refractivity contribution in [3.8, 4) is 0 Å². The highest BCUT2D eigenvalue weighted by atomic mass is 35.5. The molecule has 0 bridgehead atoms. The second-order valence-corrected chi connectivity index (χ2v) is 8.32. The third kappa shape index (κ3) is 5.31. The third-order valence-electron chi connectivity index (χ3n) is 5.19. The molecule has 4 N–H and O–H groups in total. The molecular weight excluding hydrogens is 462 g/mol. The fraction of sp³-hybridized carbons (Fsp3) is 0.273. The van der Waals surface area contributed by atoms with Crippen LogP contribution in [0.1, 0.15) is 30.3 Å². The van der Waals surface area contributed by atoms with E-state index < -0.39 is 11.8 Å². The van der Waals surface area contributed by atoms with Gasteiger partial charge in [-0.1, -0.05) is 17.7 Å². The minimum Gasteiger partial charge on any atom is -0.364 e.